The molecule has 0 radical (unpaired) electrons. The van der Waals surface area contributed by atoms with Crippen LogP contribution in [0.2, 0.25) is 0 Å². The van der Waals surface area contributed by atoms with Gasteiger partial charge in [0.05, 0.1) is 12.1 Å². The molecule has 1 N–H and O–H groups in total. The topological polar surface area (TPSA) is 42.1 Å². The van der Waals surface area contributed by atoms with Gasteiger partial charge >= 0.3 is 5.97 Å². The van der Waals surface area contributed by atoms with Gasteiger partial charge in [-0.25, -0.2) is 4.39 Å². The fourth-order valence-electron chi connectivity index (χ4n) is 2.54. The van der Waals surface area contributed by atoms with Crippen LogP contribution in [0.1, 0.15) is 43.9 Å². The van der Waals surface area contributed by atoms with Gasteiger partial charge in [-0.15, -0.1) is 0 Å². The third kappa shape index (κ3) is 3.88. The molecule has 1 aromatic carbocycles. The number of aryl methyl sites for hydroxylation is 2. The Labute approximate surface area is 138 Å². The van der Waals surface area contributed by atoms with Crippen molar-refractivity contribution in [3.05, 3.63) is 33.7 Å². The number of hydrogen-bond donors (Lipinski definition) is 1. The van der Waals surface area contributed by atoms with Gasteiger partial charge in [-0.3, -0.25) is 4.79 Å². The number of fused-ring (bicyclic) bond motifs is 1. The van der Waals surface area contributed by atoms with Gasteiger partial charge in [0, 0.05) is 22.0 Å². The first kappa shape index (κ1) is 17.0. The van der Waals surface area contributed by atoms with Crippen LogP contribution in [0.15, 0.2) is 16.6 Å². The Morgan fingerprint density at radius 3 is 2.86 bits per heavy atom. The van der Waals surface area contributed by atoms with Gasteiger partial charge in [-0.1, -0.05) is 13.3 Å². The maximum Gasteiger partial charge on any atom is 0.305 e. The monoisotopic (exact) mass is 369 g/mol. The van der Waals surface area contributed by atoms with Crippen molar-refractivity contribution in [1.82, 2.24) is 4.98 Å². The zero-order chi connectivity index (χ0) is 16.1. The molecule has 0 bridgehead atoms. The predicted octanol–water partition coefficient (Wildman–Crippen LogP) is 5.04. The Morgan fingerprint density at radius 1 is 1.36 bits per heavy atom. The van der Waals surface area contributed by atoms with E-state index in [0.29, 0.717) is 31.3 Å². The van der Waals surface area contributed by atoms with Crippen LogP contribution in [-0.4, -0.2) is 17.6 Å². The highest BCUT2D eigenvalue weighted by molar-refractivity contribution is 9.10. The molecule has 0 unspecified atom stereocenters. The number of H-pyrrole nitrogens is 1. The molecule has 120 valence electrons. The fraction of sp³-hybridized carbons (Fsp3) is 0.471. The molecule has 0 aliphatic heterocycles. The minimum atomic E-state index is -0.233. The summed E-state index contributed by atoms with van der Waals surface area (Å²) < 4.78 is 20.1. The van der Waals surface area contributed by atoms with Crippen molar-refractivity contribution < 1.29 is 13.9 Å². The Kier molecular flexibility index (Phi) is 6.00. The van der Waals surface area contributed by atoms with Crippen LogP contribution in [0.4, 0.5) is 4.39 Å². The molecule has 5 heteroatoms. The lowest BCUT2D eigenvalue weighted by atomic mass is 10.0. The van der Waals surface area contributed by atoms with Crippen molar-refractivity contribution in [2.24, 2.45) is 0 Å². The van der Waals surface area contributed by atoms with Crippen molar-refractivity contribution in [3.63, 3.8) is 0 Å². The number of esters is 1. The van der Waals surface area contributed by atoms with Crippen LogP contribution in [0.3, 0.4) is 0 Å². The van der Waals surface area contributed by atoms with E-state index in [9.17, 15) is 9.18 Å². The van der Waals surface area contributed by atoms with E-state index in [2.05, 4.69) is 27.8 Å². The molecule has 3 nitrogen and oxygen atoms in total. The fourth-order valence-corrected chi connectivity index (χ4v) is 2.97. The maximum absolute atomic E-state index is 14.1. The Balaban J connectivity index is 2.02. The summed E-state index contributed by atoms with van der Waals surface area (Å²) in [5.74, 6) is -0.407. The molecule has 1 aromatic heterocycles. The van der Waals surface area contributed by atoms with E-state index in [1.54, 1.807) is 6.07 Å². The van der Waals surface area contributed by atoms with Gasteiger partial charge in [0.15, 0.2) is 0 Å². The second-order valence-electron chi connectivity index (χ2n) is 5.44. The molecule has 2 aromatic rings. The van der Waals surface area contributed by atoms with E-state index in [1.165, 1.54) is 6.07 Å². The predicted molar refractivity (Wildman–Crippen MR) is 89.5 cm³/mol. The summed E-state index contributed by atoms with van der Waals surface area (Å²) >= 11 is 3.43. The third-order valence-electron chi connectivity index (χ3n) is 3.74. The molecule has 0 spiro atoms. The van der Waals surface area contributed by atoms with Crippen LogP contribution in [0, 0.1) is 12.7 Å². The van der Waals surface area contributed by atoms with Crippen LogP contribution >= 0.6 is 15.9 Å². The second kappa shape index (κ2) is 7.77. The molecule has 0 amide bonds. The van der Waals surface area contributed by atoms with E-state index in [0.717, 1.165) is 34.1 Å². The van der Waals surface area contributed by atoms with Gasteiger partial charge in [0.25, 0.3) is 0 Å². The molecule has 22 heavy (non-hydrogen) atoms. The second-order valence-corrected chi connectivity index (χ2v) is 6.29. The van der Waals surface area contributed by atoms with Gasteiger partial charge in [-0.2, -0.15) is 0 Å². The molecular weight excluding hydrogens is 349 g/mol. The molecule has 0 aliphatic rings. The average Bonchev–Trinajstić information content (AvgIpc) is 2.82. The normalized spacial score (nSPS) is 11.1. The van der Waals surface area contributed by atoms with Crippen molar-refractivity contribution >= 4 is 32.8 Å². The zero-order valence-corrected chi connectivity index (χ0v) is 14.6. The summed E-state index contributed by atoms with van der Waals surface area (Å²) in [5, 5.41) is 0.617. The number of nitrogens with one attached hydrogen (secondary N) is 1. The largest absolute Gasteiger partial charge is 0.466 e. The van der Waals surface area contributed by atoms with Crippen molar-refractivity contribution in [2.75, 3.05) is 6.61 Å². The number of carbonyl (C=O) groups is 1. The number of aromatic amines is 1. The van der Waals surface area contributed by atoms with E-state index in [1.807, 2.05) is 6.92 Å². The molecule has 2 rings (SSSR count). The number of aromatic nitrogens is 1. The number of rotatable bonds is 7. The van der Waals surface area contributed by atoms with Crippen LogP contribution in [0.5, 0.6) is 0 Å². The number of halogens is 2. The highest BCUT2D eigenvalue weighted by Gasteiger charge is 2.15. The average molecular weight is 370 g/mol. The summed E-state index contributed by atoms with van der Waals surface area (Å²) in [4.78, 5) is 14.8. The van der Waals surface area contributed by atoms with Crippen LogP contribution < -0.4 is 0 Å². The molecule has 0 saturated carbocycles. The summed E-state index contributed by atoms with van der Waals surface area (Å²) in [7, 11) is 0. The van der Waals surface area contributed by atoms with E-state index in [-0.39, 0.29) is 11.8 Å². The smallest absolute Gasteiger partial charge is 0.305 e. The maximum atomic E-state index is 14.1. The van der Waals surface area contributed by atoms with Gasteiger partial charge in [0.2, 0.25) is 0 Å². The first-order valence-electron chi connectivity index (χ1n) is 7.65. The number of ether oxygens (including phenoxy) is 1. The Morgan fingerprint density at radius 2 is 2.14 bits per heavy atom. The van der Waals surface area contributed by atoms with Gasteiger partial charge in [0.1, 0.15) is 5.82 Å². The van der Waals surface area contributed by atoms with Crippen LogP contribution in [-0.2, 0) is 16.0 Å². The standard InChI is InChI=1S/C17H21BrFNO2/c1-3-4-10-22-15(21)7-5-6-12-11(2)20-17-13(18)8-9-14(19)16(12)17/h8-9,20H,3-7,10H2,1-2H3. The third-order valence-corrected chi connectivity index (χ3v) is 4.40. The number of hydrogen-bond acceptors (Lipinski definition) is 2. The molecule has 0 saturated heterocycles. The lowest BCUT2D eigenvalue weighted by molar-refractivity contribution is -0.143. The molecular formula is C17H21BrFNO2. The Hall–Kier alpha value is -1.36. The molecule has 0 fully saturated rings. The summed E-state index contributed by atoms with van der Waals surface area (Å²) in [6, 6.07) is 3.16. The summed E-state index contributed by atoms with van der Waals surface area (Å²) in [6.45, 7) is 4.48. The zero-order valence-electron chi connectivity index (χ0n) is 13.0. The lowest BCUT2D eigenvalue weighted by Crippen LogP contribution is -2.06. The quantitative estimate of drug-likeness (QED) is 0.548. The van der Waals surface area contributed by atoms with Gasteiger partial charge < -0.3 is 9.72 Å². The molecule has 0 atom stereocenters. The van der Waals surface area contributed by atoms with Crippen molar-refractivity contribution in [3.8, 4) is 0 Å². The van der Waals surface area contributed by atoms with E-state index < -0.39 is 0 Å². The minimum Gasteiger partial charge on any atom is -0.466 e. The van der Waals surface area contributed by atoms with Crippen molar-refractivity contribution in [1.29, 1.82) is 0 Å². The van der Waals surface area contributed by atoms with Gasteiger partial charge in [-0.05, 0) is 59.8 Å². The highest BCUT2D eigenvalue weighted by atomic mass is 79.9. The first-order valence-corrected chi connectivity index (χ1v) is 8.44. The van der Waals surface area contributed by atoms with E-state index >= 15 is 0 Å². The number of unbranched alkanes of at least 4 members (excludes halogenated alkanes) is 1. The molecule has 1 heterocycles. The lowest BCUT2D eigenvalue weighted by Gasteiger charge is -2.05. The summed E-state index contributed by atoms with van der Waals surface area (Å²) in [5.41, 5.74) is 2.66. The van der Waals surface area contributed by atoms with Crippen molar-refractivity contribution in [2.45, 2.75) is 46.0 Å². The first-order chi connectivity index (χ1) is 10.5. The summed E-state index contributed by atoms with van der Waals surface area (Å²) in [6.07, 6.45) is 3.58. The van der Waals surface area contributed by atoms with Crippen LogP contribution in [0.25, 0.3) is 10.9 Å². The number of benzene rings is 1. The van der Waals surface area contributed by atoms with E-state index in [4.69, 9.17) is 4.74 Å². The molecule has 0 aliphatic carbocycles. The Bertz CT molecular complexity index is 666. The SMILES string of the molecule is CCCCOC(=O)CCCc1c(C)[nH]c2c(Br)ccc(F)c12. The minimum absolute atomic E-state index is 0.174. The number of carbonyl (C=O) groups excluding carboxylic acids is 1. The highest BCUT2D eigenvalue weighted by Crippen LogP contribution is 2.31.